The zero-order valence-electron chi connectivity index (χ0n) is 9.15. The fourth-order valence-electron chi connectivity index (χ4n) is 1.37. The number of hydrogen-bond donors (Lipinski definition) is 0. The predicted octanol–water partition coefficient (Wildman–Crippen LogP) is 2.20. The highest BCUT2D eigenvalue weighted by atomic mass is 35.5. The fourth-order valence-corrected chi connectivity index (χ4v) is 1.37. The Balaban J connectivity index is 0.00000144. The molecule has 0 saturated heterocycles. The highest BCUT2D eigenvalue weighted by Crippen LogP contribution is 2.11. The van der Waals surface area contributed by atoms with Crippen LogP contribution in [-0.4, -0.2) is 22.4 Å². The van der Waals surface area contributed by atoms with E-state index in [-0.39, 0.29) is 12.4 Å². The Morgan fingerprint density at radius 2 is 2.29 bits per heavy atom. The maximum absolute atomic E-state index is 10.6. The predicted molar refractivity (Wildman–Crippen MR) is 66.8 cm³/mol. The van der Waals surface area contributed by atoms with E-state index in [1.54, 1.807) is 30.7 Å². The Kier molecular flexibility index (Phi) is 5.23. The van der Waals surface area contributed by atoms with E-state index < -0.39 is 0 Å². The van der Waals surface area contributed by atoms with Gasteiger partial charge < -0.3 is 9.30 Å². The molecule has 0 spiro atoms. The lowest BCUT2D eigenvalue weighted by molar-refractivity contribution is 0.112. The van der Waals surface area contributed by atoms with E-state index in [2.05, 4.69) is 4.98 Å². The van der Waals surface area contributed by atoms with Crippen LogP contribution in [0.3, 0.4) is 0 Å². The number of imidazole rings is 1. The Morgan fingerprint density at radius 3 is 3.00 bits per heavy atom. The molecule has 17 heavy (non-hydrogen) atoms. The highest BCUT2D eigenvalue weighted by molar-refractivity contribution is 5.85. The highest BCUT2D eigenvalue weighted by Gasteiger charge is 1.96. The average Bonchev–Trinajstić information content (AvgIpc) is 2.82. The summed E-state index contributed by atoms with van der Waals surface area (Å²) in [4.78, 5) is 14.5. The number of aldehydes is 1. The van der Waals surface area contributed by atoms with Crippen LogP contribution in [-0.2, 0) is 6.54 Å². The van der Waals surface area contributed by atoms with Crippen molar-refractivity contribution in [3.8, 4) is 5.75 Å². The molecule has 0 bridgehead atoms. The first kappa shape index (κ1) is 13.3. The van der Waals surface area contributed by atoms with Gasteiger partial charge in [-0.05, 0) is 12.1 Å². The van der Waals surface area contributed by atoms with Gasteiger partial charge in [-0.25, -0.2) is 4.98 Å². The minimum absolute atomic E-state index is 0. The molecule has 1 heterocycles. The van der Waals surface area contributed by atoms with Gasteiger partial charge in [0.1, 0.15) is 18.6 Å². The summed E-state index contributed by atoms with van der Waals surface area (Å²) < 4.78 is 7.45. The Hall–Kier alpha value is -1.81. The second-order valence-electron chi connectivity index (χ2n) is 3.34. The molecule has 0 atom stereocenters. The number of nitrogens with zero attached hydrogens (tertiary/aromatic N) is 2. The lowest BCUT2D eigenvalue weighted by Crippen LogP contribution is -2.06. The lowest BCUT2D eigenvalue weighted by atomic mass is 10.2. The van der Waals surface area contributed by atoms with Crippen LogP contribution in [0.25, 0.3) is 0 Å². The van der Waals surface area contributed by atoms with Gasteiger partial charge in [-0.1, -0.05) is 12.1 Å². The minimum atomic E-state index is 0. The largest absolute Gasteiger partial charge is 0.492 e. The van der Waals surface area contributed by atoms with Crippen molar-refractivity contribution in [1.82, 2.24) is 9.55 Å². The van der Waals surface area contributed by atoms with Gasteiger partial charge in [-0.2, -0.15) is 0 Å². The zero-order valence-corrected chi connectivity index (χ0v) is 9.97. The van der Waals surface area contributed by atoms with E-state index >= 15 is 0 Å². The first-order valence-corrected chi connectivity index (χ1v) is 5.02. The van der Waals surface area contributed by atoms with Gasteiger partial charge in [0.15, 0.2) is 0 Å². The van der Waals surface area contributed by atoms with Crippen molar-refractivity contribution < 1.29 is 9.53 Å². The average molecular weight is 253 g/mol. The molecule has 0 amide bonds. The van der Waals surface area contributed by atoms with E-state index in [4.69, 9.17) is 4.74 Å². The van der Waals surface area contributed by atoms with Crippen LogP contribution >= 0.6 is 12.4 Å². The molecule has 2 rings (SSSR count). The molecule has 0 fully saturated rings. The maximum Gasteiger partial charge on any atom is 0.150 e. The minimum Gasteiger partial charge on any atom is -0.492 e. The number of aromatic nitrogens is 2. The van der Waals surface area contributed by atoms with Crippen molar-refractivity contribution in [2.75, 3.05) is 6.61 Å². The van der Waals surface area contributed by atoms with Crippen molar-refractivity contribution in [3.05, 3.63) is 48.5 Å². The summed E-state index contributed by atoms with van der Waals surface area (Å²) >= 11 is 0. The molecule has 1 aromatic heterocycles. The van der Waals surface area contributed by atoms with E-state index in [9.17, 15) is 4.79 Å². The van der Waals surface area contributed by atoms with Crippen LogP contribution in [0.15, 0.2) is 43.0 Å². The summed E-state index contributed by atoms with van der Waals surface area (Å²) in [6.45, 7) is 1.30. The zero-order chi connectivity index (χ0) is 11.2. The molecule has 0 aliphatic heterocycles. The van der Waals surface area contributed by atoms with Gasteiger partial charge in [0.25, 0.3) is 0 Å². The summed E-state index contributed by atoms with van der Waals surface area (Å²) in [5.74, 6) is 0.713. The van der Waals surface area contributed by atoms with Crippen LogP contribution in [0.4, 0.5) is 0 Å². The monoisotopic (exact) mass is 252 g/mol. The Labute approximate surface area is 106 Å². The summed E-state index contributed by atoms with van der Waals surface area (Å²) in [5.41, 5.74) is 0.625. The lowest BCUT2D eigenvalue weighted by Gasteiger charge is -2.06. The van der Waals surface area contributed by atoms with Crippen molar-refractivity contribution in [2.24, 2.45) is 0 Å². The molecule has 0 saturated carbocycles. The molecule has 2 aromatic rings. The second kappa shape index (κ2) is 6.70. The van der Waals surface area contributed by atoms with Gasteiger partial charge in [0, 0.05) is 18.0 Å². The molecule has 0 aliphatic carbocycles. The number of benzene rings is 1. The van der Waals surface area contributed by atoms with Crippen LogP contribution < -0.4 is 4.74 Å². The molecule has 0 radical (unpaired) electrons. The van der Waals surface area contributed by atoms with Crippen molar-refractivity contribution in [3.63, 3.8) is 0 Å². The second-order valence-corrected chi connectivity index (χ2v) is 3.34. The van der Waals surface area contributed by atoms with Crippen LogP contribution in [0, 0.1) is 0 Å². The summed E-state index contributed by atoms with van der Waals surface area (Å²) in [6, 6.07) is 7.10. The van der Waals surface area contributed by atoms with Crippen molar-refractivity contribution >= 4 is 18.7 Å². The van der Waals surface area contributed by atoms with Gasteiger partial charge >= 0.3 is 0 Å². The number of carbonyl (C=O) groups is 1. The summed E-state index contributed by atoms with van der Waals surface area (Å²) in [5, 5.41) is 0. The fraction of sp³-hybridized carbons (Fsp3) is 0.167. The van der Waals surface area contributed by atoms with E-state index in [0.717, 1.165) is 12.8 Å². The van der Waals surface area contributed by atoms with Crippen LogP contribution in [0.5, 0.6) is 5.75 Å². The number of ether oxygens (including phenoxy) is 1. The van der Waals surface area contributed by atoms with E-state index in [0.29, 0.717) is 17.9 Å². The Morgan fingerprint density at radius 1 is 1.41 bits per heavy atom. The van der Waals surface area contributed by atoms with Crippen molar-refractivity contribution in [2.45, 2.75) is 6.54 Å². The standard InChI is InChI=1S/C12H12N2O2.ClH/c15-9-11-2-1-3-12(8-11)16-7-6-14-5-4-13-10-14;/h1-5,8-10H,6-7H2;1H. The normalized spacial score (nSPS) is 9.41. The van der Waals surface area contributed by atoms with E-state index in [1.165, 1.54) is 0 Å². The third-order valence-corrected chi connectivity index (χ3v) is 2.17. The topological polar surface area (TPSA) is 44.1 Å². The number of carbonyl (C=O) groups excluding carboxylic acids is 1. The van der Waals surface area contributed by atoms with Gasteiger partial charge in [0.2, 0.25) is 0 Å². The van der Waals surface area contributed by atoms with Crippen LogP contribution in [0.2, 0.25) is 0 Å². The molecule has 0 unspecified atom stereocenters. The molecule has 0 aliphatic rings. The maximum atomic E-state index is 10.6. The molecule has 90 valence electrons. The Bertz CT molecular complexity index is 457. The van der Waals surface area contributed by atoms with Gasteiger partial charge in [0.05, 0.1) is 12.9 Å². The summed E-state index contributed by atoms with van der Waals surface area (Å²) in [7, 11) is 0. The SMILES string of the molecule is Cl.O=Cc1cccc(OCCn2ccnc2)c1. The molecular formula is C12H13ClN2O2. The quantitative estimate of drug-likeness (QED) is 0.767. The number of rotatable bonds is 5. The van der Waals surface area contributed by atoms with Crippen LogP contribution in [0.1, 0.15) is 10.4 Å². The molecule has 4 nitrogen and oxygen atoms in total. The van der Waals surface area contributed by atoms with E-state index in [1.807, 2.05) is 16.8 Å². The van der Waals surface area contributed by atoms with Crippen molar-refractivity contribution in [1.29, 1.82) is 0 Å². The first-order valence-electron chi connectivity index (χ1n) is 5.02. The molecule has 5 heteroatoms. The molecular weight excluding hydrogens is 240 g/mol. The third-order valence-electron chi connectivity index (χ3n) is 2.17. The third kappa shape index (κ3) is 3.92. The number of halogens is 1. The first-order chi connectivity index (χ1) is 7.88. The smallest absolute Gasteiger partial charge is 0.150 e. The van der Waals surface area contributed by atoms with Gasteiger partial charge in [-0.3, -0.25) is 4.79 Å². The molecule has 1 aromatic carbocycles. The van der Waals surface area contributed by atoms with Gasteiger partial charge in [-0.15, -0.1) is 12.4 Å². The molecule has 0 N–H and O–H groups in total. The summed E-state index contributed by atoms with van der Waals surface area (Å²) in [6.07, 6.45) is 6.16. The number of hydrogen-bond acceptors (Lipinski definition) is 3.